The van der Waals surface area contributed by atoms with Crippen molar-refractivity contribution in [2.24, 2.45) is 0 Å². The Morgan fingerprint density at radius 3 is 2.62 bits per heavy atom. The number of rotatable bonds is 3. The quantitative estimate of drug-likeness (QED) is 0.707. The van der Waals surface area contributed by atoms with Crippen LogP contribution in [-0.4, -0.2) is 7.11 Å². The second kappa shape index (κ2) is 4.65. The summed E-state index contributed by atoms with van der Waals surface area (Å²) in [6, 6.07) is 7.24. The third kappa shape index (κ3) is 2.31. The maximum absolute atomic E-state index is 11.7. The number of ether oxygens (including phenoxy) is 1. The lowest BCUT2D eigenvalue weighted by Crippen LogP contribution is -2.07. The Morgan fingerprint density at radius 2 is 2.00 bits per heavy atom. The van der Waals surface area contributed by atoms with Gasteiger partial charge < -0.3 is 4.74 Å². The van der Waals surface area contributed by atoms with E-state index in [2.05, 4.69) is 6.92 Å². The molecule has 0 saturated carbocycles. The average molecular weight is 178 g/mol. The molecule has 0 radical (unpaired) electrons. The molecule has 0 heterocycles. The van der Waals surface area contributed by atoms with Crippen LogP contribution in [-0.2, 0) is 6.42 Å². The fourth-order valence-corrected chi connectivity index (χ4v) is 1.25. The maximum Gasteiger partial charge on any atom is 0.223 e. The van der Waals surface area contributed by atoms with Crippen molar-refractivity contribution in [1.82, 2.24) is 0 Å². The molecule has 0 unspecified atom stereocenters. The number of hydrogen-bond acceptors (Lipinski definition) is 2. The molecule has 1 rings (SSSR count). The third-order valence-electron chi connectivity index (χ3n) is 1.91. The van der Waals surface area contributed by atoms with Gasteiger partial charge in [-0.15, -0.1) is 0 Å². The Balaban J connectivity index is 3.22. The Labute approximate surface area is 78.2 Å². The standard InChI is InChI=1S/C11H14O2/c1-3-6-9-7-4-5-8-10(13-2)11(9)12/h4-5,7-8H,3,6H2,1-2H3. The lowest BCUT2D eigenvalue weighted by molar-refractivity contribution is 0.411. The largest absolute Gasteiger partial charge is 0.493 e. The molecule has 0 spiro atoms. The lowest BCUT2D eigenvalue weighted by Gasteiger charge is -1.95. The molecule has 0 aliphatic rings. The molecule has 2 nitrogen and oxygen atoms in total. The fraction of sp³-hybridized carbons (Fsp3) is 0.364. The summed E-state index contributed by atoms with van der Waals surface area (Å²) in [4.78, 5) is 11.7. The zero-order valence-electron chi connectivity index (χ0n) is 8.04. The van der Waals surface area contributed by atoms with Gasteiger partial charge in [0.2, 0.25) is 5.43 Å². The van der Waals surface area contributed by atoms with Gasteiger partial charge in [0.25, 0.3) is 0 Å². The highest BCUT2D eigenvalue weighted by Crippen LogP contribution is 2.04. The summed E-state index contributed by atoms with van der Waals surface area (Å²) in [5, 5.41) is 0. The van der Waals surface area contributed by atoms with Gasteiger partial charge in [-0.3, -0.25) is 4.79 Å². The summed E-state index contributed by atoms with van der Waals surface area (Å²) in [7, 11) is 1.52. The minimum Gasteiger partial charge on any atom is -0.493 e. The summed E-state index contributed by atoms with van der Waals surface area (Å²) in [5.74, 6) is 0.424. The highest BCUT2D eigenvalue weighted by Gasteiger charge is 2.01. The van der Waals surface area contributed by atoms with Crippen LogP contribution in [0, 0.1) is 0 Å². The smallest absolute Gasteiger partial charge is 0.223 e. The normalized spacial score (nSPS) is 9.69. The van der Waals surface area contributed by atoms with Gasteiger partial charge in [-0.05, 0) is 12.5 Å². The van der Waals surface area contributed by atoms with Crippen LogP contribution in [0.4, 0.5) is 0 Å². The van der Waals surface area contributed by atoms with Gasteiger partial charge in [0.05, 0.1) is 7.11 Å². The third-order valence-corrected chi connectivity index (χ3v) is 1.91. The number of methoxy groups -OCH3 is 1. The van der Waals surface area contributed by atoms with Crippen molar-refractivity contribution < 1.29 is 4.74 Å². The van der Waals surface area contributed by atoms with E-state index in [1.807, 2.05) is 18.2 Å². The monoisotopic (exact) mass is 178 g/mol. The van der Waals surface area contributed by atoms with Crippen molar-refractivity contribution in [2.75, 3.05) is 7.11 Å². The molecule has 0 atom stereocenters. The minimum absolute atomic E-state index is 0.00866. The van der Waals surface area contributed by atoms with Gasteiger partial charge in [-0.25, -0.2) is 0 Å². The molecule has 1 aromatic rings. The van der Waals surface area contributed by atoms with Crippen molar-refractivity contribution in [2.45, 2.75) is 19.8 Å². The summed E-state index contributed by atoms with van der Waals surface area (Å²) in [6.07, 6.45) is 1.78. The first-order chi connectivity index (χ1) is 6.29. The molecule has 13 heavy (non-hydrogen) atoms. The lowest BCUT2D eigenvalue weighted by atomic mass is 10.1. The molecular weight excluding hydrogens is 164 g/mol. The predicted molar refractivity (Wildman–Crippen MR) is 53.3 cm³/mol. The van der Waals surface area contributed by atoms with E-state index in [0.717, 1.165) is 18.4 Å². The minimum atomic E-state index is 0.00866. The van der Waals surface area contributed by atoms with E-state index in [1.54, 1.807) is 6.07 Å². The van der Waals surface area contributed by atoms with Crippen molar-refractivity contribution in [3.63, 3.8) is 0 Å². The molecule has 0 amide bonds. The van der Waals surface area contributed by atoms with E-state index in [1.165, 1.54) is 7.11 Å². The van der Waals surface area contributed by atoms with E-state index in [9.17, 15) is 4.79 Å². The zero-order chi connectivity index (χ0) is 9.68. The van der Waals surface area contributed by atoms with Gasteiger partial charge in [-0.2, -0.15) is 0 Å². The zero-order valence-corrected chi connectivity index (χ0v) is 8.04. The number of hydrogen-bond donors (Lipinski definition) is 0. The first kappa shape index (κ1) is 9.78. The molecule has 0 aliphatic heterocycles. The summed E-state index contributed by atoms with van der Waals surface area (Å²) < 4.78 is 4.98. The van der Waals surface area contributed by atoms with Crippen LogP contribution in [0.25, 0.3) is 0 Å². The van der Waals surface area contributed by atoms with Gasteiger partial charge in [0.1, 0.15) is 0 Å². The summed E-state index contributed by atoms with van der Waals surface area (Å²) in [6.45, 7) is 2.05. The first-order valence-corrected chi connectivity index (χ1v) is 4.45. The van der Waals surface area contributed by atoms with Gasteiger partial charge in [-0.1, -0.05) is 31.5 Å². The van der Waals surface area contributed by atoms with Crippen LogP contribution in [0.2, 0.25) is 0 Å². The van der Waals surface area contributed by atoms with E-state index in [-0.39, 0.29) is 5.43 Å². The van der Waals surface area contributed by atoms with E-state index in [4.69, 9.17) is 4.74 Å². The van der Waals surface area contributed by atoms with Gasteiger partial charge in [0.15, 0.2) is 5.75 Å². The van der Waals surface area contributed by atoms with E-state index in [0.29, 0.717) is 5.75 Å². The molecule has 1 aromatic carbocycles. The maximum atomic E-state index is 11.7. The van der Waals surface area contributed by atoms with Crippen LogP contribution >= 0.6 is 0 Å². The van der Waals surface area contributed by atoms with Crippen LogP contribution in [0.5, 0.6) is 5.75 Å². The van der Waals surface area contributed by atoms with Gasteiger partial charge in [0, 0.05) is 5.56 Å². The average Bonchev–Trinajstić information content (AvgIpc) is 2.30. The van der Waals surface area contributed by atoms with Crippen LogP contribution in [0.1, 0.15) is 18.9 Å². The van der Waals surface area contributed by atoms with Crippen LogP contribution < -0.4 is 10.2 Å². The number of aryl methyl sites for hydroxylation is 1. The molecule has 2 heteroatoms. The second-order valence-electron chi connectivity index (χ2n) is 2.89. The SMILES string of the molecule is CCCc1ccccc(OC)c1=O. The molecule has 0 saturated heterocycles. The Kier molecular flexibility index (Phi) is 3.50. The molecule has 0 fully saturated rings. The Hall–Kier alpha value is -1.31. The van der Waals surface area contributed by atoms with E-state index >= 15 is 0 Å². The van der Waals surface area contributed by atoms with Crippen molar-refractivity contribution in [3.8, 4) is 5.75 Å². The fourth-order valence-electron chi connectivity index (χ4n) is 1.25. The molecule has 0 N–H and O–H groups in total. The first-order valence-electron chi connectivity index (χ1n) is 4.45. The van der Waals surface area contributed by atoms with Gasteiger partial charge >= 0.3 is 0 Å². The second-order valence-corrected chi connectivity index (χ2v) is 2.89. The molecule has 0 bridgehead atoms. The van der Waals surface area contributed by atoms with Crippen LogP contribution in [0.3, 0.4) is 0 Å². The molecule has 0 aromatic heterocycles. The topological polar surface area (TPSA) is 26.3 Å². The summed E-state index contributed by atoms with van der Waals surface area (Å²) >= 11 is 0. The summed E-state index contributed by atoms with van der Waals surface area (Å²) in [5.41, 5.74) is 0.832. The Bertz CT molecular complexity index is 331. The highest BCUT2D eigenvalue weighted by molar-refractivity contribution is 5.27. The molecule has 70 valence electrons. The molecule has 0 aliphatic carbocycles. The van der Waals surface area contributed by atoms with Crippen molar-refractivity contribution >= 4 is 0 Å². The van der Waals surface area contributed by atoms with Crippen molar-refractivity contribution in [3.05, 3.63) is 40.1 Å². The Morgan fingerprint density at radius 1 is 1.31 bits per heavy atom. The van der Waals surface area contributed by atoms with E-state index < -0.39 is 0 Å². The predicted octanol–water partition coefficient (Wildman–Crippen LogP) is 2.01. The van der Waals surface area contributed by atoms with Crippen molar-refractivity contribution in [1.29, 1.82) is 0 Å². The van der Waals surface area contributed by atoms with Crippen LogP contribution in [0.15, 0.2) is 29.1 Å². The highest BCUT2D eigenvalue weighted by atomic mass is 16.5. The molecular formula is C11H14O2.